The zero-order valence-electron chi connectivity index (χ0n) is 38.7. The Morgan fingerprint density at radius 3 is 1.82 bits per heavy atom. The monoisotopic (exact) mass is 635 g/mol. The summed E-state index contributed by atoms with van der Waals surface area (Å²) >= 11 is 0. The molecule has 1 aromatic heterocycles. The second-order valence-electron chi connectivity index (χ2n) is 11.8. The molecule has 10 rings (SSSR count). The summed E-state index contributed by atoms with van der Waals surface area (Å²) in [7, 11) is 0. The van der Waals surface area contributed by atoms with Gasteiger partial charge in [-0.3, -0.25) is 0 Å². The van der Waals surface area contributed by atoms with Crippen molar-refractivity contribution in [2.45, 2.75) is 0 Å². The van der Waals surface area contributed by atoms with Crippen LogP contribution in [0.4, 0.5) is 0 Å². The quantitative estimate of drug-likeness (QED) is 0.175. The Morgan fingerprint density at radius 1 is 0.388 bits per heavy atom. The van der Waals surface area contributed by atoms with Gasteiger partial charge in [0.2, 0.25) is 0 Å². The summed E-state index contributed by atoms with van der Waals surface area (Å²) in [5.74, 6) is 0. The fraction of sp³-hybridized carbons (Fsp3) is 0. The van der Waals surface area contributed by atoms with Gasteiger partial charge in [-0.2, -0.15) is 0 Å². The van der Waals surface area contributed by atoms with Gasteiger partial charge in [-0.25, -0.2) is 0 Å². The molecule has 0 radical (unpaired) electrons. The third-order valence-electron chi connectivity index (χ3n) is 9.07. The van der Waals surface area contributed by atoms with Crippen molar-refractivity contribution >= 4 is 54.3 Å². The molecule has 1 heterocycles. The third-order valence-corrected chi connectivity index (χ3v) is 9.07. The van der Waals surface area contributed by atoms with Crippen LogP contribution in [0.5, 0.6) is 0 Å². The van der Waals surface area contributed by atoms with Gasteiger partial charge in [-0.15, -0.1) is 0 Å². The first-order chi connectivity index (χ1) is 29.7. The number of fused-ring (bicyclic) bond motifs is 6. The molecule has 0 aliphatic carbocycles. The van der Waals surface area contributed by atoms with Crippen LogP contribution in [-0.4, -0.2) is 0 Å². The van der Waals surface area contributed by atoms with E-state index in [1.54, 1.807) is 42.5 Å². The maximum Gasteiger partial charge on any atom is 0.136 e. The SMILES string of the molecule is [2H]c1c(-c2ccccc2)c([2H])c2c(oc3c([2H])c([2H])c([2H])c(-c4c5ccccc5c(-c5cccc(-c6c([2H])c([2H])c([2H])c7c([2H])c([2H])c([2H])c([2H])c67)c5)c5ccccc45)c32)c1[2H]. The highest BCUT2D eigenvalue weighted by Crippen LogP contribution is 2.47. The van der Waals surface area contributed by atoms with Crippen molar-refractivity contribution in [2.24, 2.45) is 0 Å². The van der Waals surface area contributed by atoms with Crippen molar-refractivity contribution in [3.05, 3.63) is 182 Å². The average molecular weight is 636 g/mol. The molecule has 0 atom stereocenters. The van der Waals surface area contributed by atoms with Crippen LogP contribution in [0.15, 0.2) is 186 Å². The fourth-order valence-electron chi connectivity index (χ4n) is 6.96. The predicted octanol–water partition coefficient (Wildman–Crippen LogP) is 13.7. The largest absolute Gasteiger partial charge is 0.456 e. The molecule has 0 aliphatic rings. The van der Waals surface area contributed by atoms with Gasteiger partial charge in [-0.05, 0) is 101 Å². The summed E-state index contributed by atoms with van der Waals surface area (Å²) in [5, 5.41) is 2.94. The Labute approximate surface area is 302 Å². The van der Waals surface area contributed by atoms with Gasteiger partial charge < -0.3 is 4.42 Å². The topological polar surface area (TPSA) is 13.1 Å². The van der Waals surface area contributed by atoms with E-state index in [0.717, 1.165) is 5.56 Å². The molecule has 9 aromatic carbocycles. The van der Waals surface area contributed by atoms with Crippen LogP contribution >= 0.6 is 0 Å². The summed E-state index contributed by atoms with van der Waals surface area (Å²) in [4.78, 5) is 0. The van der Waals surface area contributed by atoms with Crippen molar-refractivity contribution in [3.63, 3.8) is 0 Å². The second-order valence-corrected chi connectivity index (χ2v) is 11.8. The van der Waals surface area contributed by atoms with E-state index in [4.69, 9.17) is 19.5 Å². The van der Waals surface area contributed by atoms with Crippen LogP contribution in [0.3, 0.4) is 0 Å². The number of hydrogen-bond acceptors (Lipinski definition) is 1. The van der Waals surface area contributed by atoms with Gasteiger partial charge in [0.1, 0.15) is 11.2 Å². The molecule has 49 heavy (non-hydrogen) atoms. The highest BCUT2D eigenvalue weighted by molar-refractivity contribution is 6.26. The predicted molar refractivity (Wildman–Crippen MR) is 208 cm³/mol. The first-order valence-corrected chi connectivity index (χ1v) is 15.8. The second kappa shape index (κ2) is 11.1. The minimum Gasteiger partial charge on any atom is -0.456 e. The number of furan rings is 1. The summed E-state index contributed by atoms with van der Waals surface area (Å²) in [6.07, 6.45) is 0. The van der Waals surface area contributed by atoms with E-state index in [9.17, 15) is 2.74 Å². The summed E-state index contributed by atoms with van der Waals surface area (Å²) in [5.41, 5.74) is 3.24. The van der Waals surface area contributed by atoms with Crippen molar-refractivity contribution < 1.29 is 22.2 Å². The zero-order valence-corrected chi connectivity index (χ0v) is 25.7. The number of hydrogen-bond donors (Lipinski definition) is 0. The van der Waals surface area contributed by atoms with Crippen LogP contribution < -0.4 is 0 Å². The lowest BCUT2D eigenvalue weighted by atomic mass is 9.84. The molecule has 0 saturated carbocycles. The molecule has 0 unspecified atom stereocenters. The van der Waals surface area contributed by atoms with E-state index in [1.807, 2.05) is 60.7 Å². The van der Waals surface area contributed by atoms with Gasteiger partial charge in [-0.1, -0.05) is 157 Å². The normalized spacial score (nSPS) is 15.4. The maximum absolute atomic E-state index is 9.56. The Hall–Kier alpha value is -6.44. The molecule has 0 N–H and O–H groups in total. The third kappa shape index (κ3) is 4.40. The van der Waals surface area contributed by atoms with Crippen LogP contribution in [0, 0.1) is 0 Å². The minimum atomic E-state index is -0.533. The lowest BCUT2D eigenvalue weighted by Gasteiger charge is -2.19. The zero-order chi connectivity index (χ0) is 43.6. The summed E-state index contributed by atoms with van der Waals surface area (Å²) in [6, 6.07) is 26.2. The van der Waals surface area contributed by atoms with Gasteiger partial charge in [0.15, 0.2) is 0 Å². The molecule has 0 spiro atoms. The average Bonchev–Trinajstić information content (AvgIpc) is 3.69. The van der Waals surface area contributed by atoms with Crippen molar-refractivity contribution in [1.29, 1.82) is 0 Å². The van der Waals surface area contributed by atoms with Crippen LogP contribution in [0.2, 0.25) is 0 Å². The summed E-state index contributed by atoms with van der Waals surface area (Å²) < 4.78 is 122. The standard InChI is InChI=1S/C48H30O/c1-2-13-31(14-3-1)33-27-28-44-43(30-33)48-42(25-12-26-45(48)49-44)47-40-22-8-6-20-38(40)46(39-21-7-9-23-41(39)47)35-18-10-17-34(29-35)37-24-11-16-32-15-4-5-19-36(32)37/h1-30H/i4D,5D,11D,12D,15D,16D,19D,24D,25D,26D,27D,28D,30D. The van der Waals surface area contributed by atoms with Gasteiger partial charge in [0.05, 0.1) is 17.8 Å². The van der Waals surface area contributed by atoms with Gasteiger partial charge in [0.25, 0.3) is 0 Å². The molecule has 0 aliphatic heterocycles. The van der Waals surface area contributed by atoms with E-state index in [2.05, 4.69) is 0 Å². The first kappa shape index (κ1) is 17.6. The molecular weight excluding hydrogens is 593 g/mol. The van der Waals surface area contributed by atoms with Crippen molar-refractivity contribution in [3.8, 4) is 44.5 Å². The fourth-order valence-corrected chi connectivity index (χ4v) is 6.96. The molecule has 228 valence electrons. The minimum absolute atomic E-state index is 0.0230. The molecule has 1 nitrogen and oxygen atoms in total. The van der Waals surface area contributed by atoms with Crippen LogP contribution in [0.25, 0.3) is 98.8 Å². The van der Waals surface area contributed by atoms with Crippen molar-refractivity contribution in [2.75, 3.05) is 0 Å². The Balaban J connectivity index is 1.32. The highest BCUT2D eigenvalue weighted by atomic mass is 16.3. The smallest absolute Gasteiger partial charge is 0.136 e. The van der Waals surface area contributed by atoms with E-state index in [-0.39, 0.29) is 85.7 Å². The first-order valence-electron chi connectivity index (χ1n) is 22.3. The van der Waals surface area contributed by atoms with Crippen LogP contribution in [0.1, 0.15) is 17.8 Å². The molecule has 0 saturated heterocycles. The van der Waals surface area contributed by atoms with E-state index in [0.29, 0.717) is 43.8 Å². The maximum atomic E-state index is 9.56. The lowest BCUT2D eigenvalue weighted by molar-refractivity contribution is 0.669. The van der Waals surface area contributed by atoms with E-state index in [1.165, 1.54) is 0 Å². The van der Waals surface area contributed by atoms with Crippen molar-refractivity contribution in [1.82, 2.24) is 0 Å². The molecule has 0 bridgehead atoms. The molecule has 0 amide bonds. The Kier molecular flexibility index (Phi) is 3.99. The molecule has 10 aromatic rings. The molecule has 0 fully saturated rings. The highest BCUT2D eigenvalue weighted by Gasteiger charge is 2.21. The number of benzene rings is 9. The van der Waals surface area contributed by atoms with Crippen LogP contribution in [-0.2, 0) is 0 Å². The molecular formula is C48H30O. The lowest BCUT2D eigenvalue weighted by Crippen LogP contribution is -1.92. The van der Waals surface area contributed by atoms with E-state index < -0.39 is 42.3 Å². The Bertz CT molecular complexity index is 3550. The summed E-state index contributed by atoms with van der Waals surface area (Å²) in [6.45, 7) is 0. The van der Waals surface area contributed by atoms with E-state index >= 15 is 0 Å². The molecule has 1 heteroatoms. The number of rotatable bonds is 4. The Morgan fingerprint density at radius 2 is 1.02 bits per heavy atom. The van der Waals surface area contributed by atoms with Gasteiger partial charge >= 0.3 is 0 Å². The van der Waals surface area contributed by atoms with Gasteiger partial charge in [0, 0.05) is 10.8 Å².